The van der Waals surface area contributed by atoms with Crippen molar-refractivity contribution in [2.24, 2.45) is 18.9 Å². The van der Waals surface area contributed by atoms with Crippen LogP contribution in [0.25, 0.3) is 22.3 Å². The number of nitrogens with one attached hydrogen (secondary N) is 2. The first-order valence-corrected chi connectivity index (χ1v) is 22.2. The van der Waals surface area contributed by atoms with Gasteiger partial charge in [-0.15, -0.1) is 0 Å². The molecule has 1 aliphatic carbocycles. The minimum absolute atomic E-state index is 0.102. The lowest BCUT2D eigenvalue weighted by atomic mass is 9.85. The molecule has 3 atom stereocenters. The summed E-state index contributed by atoms with van der Waals surface area (Å²) in [6.07, 6.45) is 7.38. The fraction of sp³-hybridized carbons (Fsp3) is 0.500. The Morgan fingerprint density at radius 1 is 0.871 bits per heavy atom. The molecule has 62 heavy (non-hydrogen) atoms. The van der Waals surface area contributed by atoms with Gasteiger partial charge in [0.05, 0.1) is 64.7 Å². The van der Waals surface area contributed by atoms with E-state index in [9.17, 15) is 19.5 Å². The van der Waals surface area contributed by atoms with E-state index in [1.807, 2.05) is 27.0 Å². The zero-order valence-corrected chi connectivity index (χ0v) is 35.8. The van der Waals surface area contributed by atoms with Crippen LogP contribution in [0, 0.1) is 25.7 Å². The maximum Gasteiger partial charge on any atom is 0.258 e. The molecule has 4 fully saturated rings. The fourth-order valence-electron chi connectivity index (χ4n) is 10.7. The average Bonchev–Trinajstić information content (AvgIpc) is 3.98. The third kappa shape index (κ3) is 7.46. The molecule has 3 saturated heterocycles. The number of hydrogen-bond donors (Lipinski definition) is 3. The monoisotopic (exact) mass is 841 g/mol. The number of hydrogen-bond acceptors (Lipinski definition) is 12. The number of carbonyl (C=O) groups is 3. The van der Waals surface area contributed by atoms with Crippen LogP contribution in [0.15, 0.2) is 48.7 Å². The number of aromatic nitrogens is 6. The van der Waals surface area contributed by atoms with E-state index >= 15 is 0 Å². The molecular formula is C46H55N11O5. The summed E-state index contributed by atoms with van der Waals surface area (Å²) in [7, 11) is 1.87. The van der Waals surface area contributed by atoms with Crippen molar-refractivity contribution in [3.05, 3.63) is 71.3 Å². The summed E-state index contributed by atoms with van der Waals surface area (Å²) in [4.78, 5) is 60.0. The molecule has 4 aromatic heterocycles. The highest BCUT2D eigenvalue weighted by Gasteiger charge is 2.41. The van der Waals surface area contributed by atoms with Crippen LogP contribution in [-0.2, 0) is 23.2 Å². The first-order valence-electron chi connectivity index (χ1n) is 22.2. The van der Waals surface area contributed by atoms with Crippen LogP contribution in [0.4, 0.5) is 17.3 Å². The van der Waals surface area contributed by atoms with Crippen molar-refractivity contribution in [3.63, 3.8) is 0 Å². The van der Waals surface area contributed by atoms with Gasteiger partial charge < -0.3 is 24.2 Å². The number of pyridine rings is 2. The number of fused-ring (bicyclic) bond motifs is 9. The largest absolute Gasteiger partial charge is 0.477 e. The zero-order chi connectivity index (χ0) is 42.7. The summed E-state index contributed by atoms with van der Waals surface area (Å²) in [6.45, 7) is 10.2. The molecule has 1 unspecified atom stereocenters. The van der Waals surface area contributed by atoms with E-state index in [0.29, 0.717) is 60.1 Å². The number of aryl methyl sites for hydroxylation is 3. The first-order chi connectivity index (χ1) is 30.0. The number of amides is 3. The Labute approximate surface area is 360 Å². The molecule has 8 heterocycles. The number of aliphatic hydroxyl groups is 1. The number of aliphatic hydroxyl groups excluding tert-OH is 1. The Morgan fingerprint density at radius 3 is 2.45 bits per heavy atom. The molecule has 0 radical (unpaired) electrons. The van der Waals surface area contributed by atoms with Crippen molar-refractivity contribution >= 4 is 46.1 Å². The van der Waals surface area contributed by atoms with E-state index in [4.69, 9.17) is 19.7 Å². The van der Waals surface area contributed by atoms with Gasteiger partial charge >= 0.3 is 0 Å². The number of ether oxygens (including phenoxy) is 1. The SMILES string of the molecule is Cc1cc2cc(n1)-c1cnn(C)c1OC[C@H]1CC[C@H](C1)Cn1c(nc3ccc(N4CCN(C5(CO)CCN(c6ccc(C7CCC(=O)NC7=O)nc6C)CC5)CC4)cc31)NC2=O. The molecule has 4 bridgehead atoms. The van der Waals surface area contributed by atoms with Gasteiger partial charge in [0.25, 0.3) is 5.91 Å². The van der Waals surface area contributed by atoms with Crippen LogP contribution < -0.4 is 25.2 Å². The molecule has 5 aromatic rings. The summed E-state index contributed by atoms with van der Waals surface area (Å²) >= 11 is 0. The molecule has 3 amide bonds. The van der Waals surface area contributed by atoms with Crippen LogP contribution in [0.1, 0.15) is 78.3 Å². The third-order valence-corrected chi connectivity index (χ3v) is 14.2. The van der Waals surface area contributed by atoms with E-state index in [1.54, 1.807) is 23.0 Å². The van der Waals surface area contributed by atoms with Crippen molar-refractivity contribution in [2.75, 3.05) is 67.6 Å². The minimum Gasteiger partial charge on any atom is -0.477 e. The fourth-order valence-corrected chi connectivity index (χ4v) is 10.7. The number of anilines is 3. The lowest BCUT2D eigenvalue weighted by Gasteiger charge is -2.51. The molecule has 0 spiro atoms. The minimum atomic E-state index is -0.407. The van der Waals surface area contributed by atoms with Crippen molar-refractivity contribution < 1.29 is 24.2 Å². The maximum absolute atomic E-state index is 14.0. The summed E-state index contributed by atoms with van der Waals surface area (Å²) in [5.41, 5.74) is 7.93. The van der Waals surface area contributed by atoms with Crippen LogP contribution in [-0.4, -0.2) is 115 Å². The number of piperidine rings is 2. The highest BCUT2D eigenvalue weighted by molar-refractivity contribution is 6.05. The Balaban J connectivity index is 0.844. The summed E-state index contributed by atoms with van der Waals surface area (Å²) in [6, 6.07) is 14.0. The normalized spacial score (nSPS) is 23.2. The molecule has 1 saturated carbocycles. The molecule has 324 valence electrons. The molecule has 16 heteroatoms. The van der Waals surface area contributed by atoms with Crippen LogP contribution in [0.3, 0.4) is 0 Å². The second-order valence-corrected chi connectivity index (χ2v) is 18.1. The van der Waals surface area contributed by atoms with Crippen molar-refractivity contribution in [3.8, 4) is 17.1 Å². The van der Waals surface area contributed by atoms with Crippen LogP contribution >= 0.6 is 0 Å². The second-order valence-electron chi connectivity index (χ2n) is 18.1. The molecule has 4 aliphatic heterocycles. The predicted octanol–water partition coefficient (Wildman–Crippen LogP) is 4.58. The number of benzene rings is 1. The Kier molecular flexibility index (Phi) is 10.5. The Hall–Kier alpha value is -5.87. The Morgan fingerprint density at radius 2 is 1.68 bits per heavy atom. The van der Waals surface area contributed by atoms with Gasteiger partial charge in [0.1, 0.15) is 0 Å². The smallest absolute Gasteiger partial charge is 0.258 e. The van der Waals surface area contributed by atoms with E-state index in [1.165, 1.54) is 0 Å². The van der Waals surface area contributed by atoms with Gasteiger partial charge in [0.15, 0.2) is 0 Å². The molecule has 1 aromatic carbocycles. The maximum atomic E-state index is 14.0. The first kappa shape index (κ1) is 40.2. The summed E-state index contributed by atoms with van der Waals surface area (Å²) in [5, 5.41) is 21.0. The quantitative estimate of drug-likeness (QED) is 0.211. The highest BCUT2D eigenvalue weighted by Crippen LogP contribution is 2.38. The van der Waals surface area contributed by atoms with E-state index in [0.717, 1.165) is 117 Å². The van der Waals surface area contributed by atoms with Gasteiger partial charge in [-0.1, -0.05) is 0 Å². The van der Waals surface area contributed by atoms with E-state index in [-0.39, 0.29) is 29.9 Å². The van der Waals surface area contributed by atoms with Crippen molar-refractivity contribution in [2.45, 2.75) is 76.8 Å². The zero-order valence-electron chi connectivity index (χ0n) is 35.8. The third-order valence-electron chi connectivity index (χ3n) is 14.2. The van der Waals surface area contributed by atoms with Gasteiger partial charge in [0, 0.05) is 81.8 Å². The molecular weight excluding hydrogens is 787 g/mol. The second kappa shape index (κ2) is 16.1. The molecule has 10 rings (SSSR count). The topological polar surface area (TPSA) is 176 Å². The number of piperazine rings is 1. The van der Waals surface area contributed by atoms with Gasteiger partial charge in [-0.3, -0.25) is 39.9 Å². The van der Waals surface area contributed by atoms with Crippen LogP contribution in [0.5, 0.6) is 5.88 Å². The number of carbonyl (C=O) groups excluding carboxylic acids is 3. The summed E-state index contributed by atoms with van der Waals surface area (Å²) in [5.74, 6) is 0.875. The van der Waals surface area contributed by atoms with Gasteiger partial charge in [-0.2, -0.15) is 5.10 Å². The predicted molar refractivity (Wildman–Crippen MR) is 234 cm³/mol. The average molecular weight is 842 g/mol. The summed E-state index contributed by atoms with van der Waals surface area (Å²) < 4.78 is 10.4. The van der Waals surface area contributed by atoms with Crippen molar-refractivity contribution in [1.82, 2.24) is 39.5 Å². The van der Waals surface area contributed by atoms with Gasteiger partial charge in [0.2, 0.25) is 23.6 Å². The van der Waals surface area contributed by atoms with Crippen molar-refractivity contribution in [1.29, 1.82) is 0 Å². The van der Waals surface area contributed by atoms with E-state index < -0.39 is 5.92 Å². The number of rotatable bonds is 5. The van der Waals surface area contributed by atoms with Gasteiger partial charge in [-0.25, -0.2) is 9.67 Å². The number of imide groups is 1. The lowest BCUT2D eigenvalue weighted by molar-refractivity contribution is -0.134. The highest BCUT2D eigenvalue weighted by atomic mass is 16.5. The Bertz CT molecular complexity index is 2550. The van der Waals surface area contributed by atoms with Crippen LogP contribution in [0.2, 0.25) is 0 Å². The molecule has 3 N–H and O–H groups in total. The molecule has 5 aliphatic rings. The molecule has 16 nitrogen and oxygen atoms in total. The standard InChI is InChI=1S/C46H55N11O5/c1-28-20-32-22-38(48-28)35-24-47-53(3)44(35)62-26-31-5-4-30(21-31)25-57-40-23-33(6-8-37(40)50-45(57)52-42(32)60)54-16-18-56(19-17-54)46(27-58)12-14-55(15-13-46)39-10-9-36(49-29(39)2)34-7-11-41(59)51-43(34)61/h6,8-10,20,22-24,30-31,34,58H,4-5,7,11-19,21,25-27H2,1-3H3,(H,50,52,60)(H,51,59,61)/t30-,31+,34?/m1/s1. The number of nitrogens with zero attached hydrogens (tertiary/aromatic N) is 9. The van der Waals surface area contributed by atoms with E-state index in [2.05, 4.69) is 59.3 Å². The number of imidazole rings is 1. The lowest BCUT2D eigenvalue weighted by Crippen LogP contribution is -2.62. The van der Waals surface area contributed by atoms with Gasteiger partial charge in [-0.05, 0) is 107 Å².